The second kappa shape index (κ2) is 12.3. The molecule has 0 aliphatic carbocycles. The Morgan fingerprint density at radius 1 is 0.852 bits per heavy atom. The van der Waals surface area contributed by atoms with Gasteiger partial charge >= 0.3 is 23.9 Å². The number of halogens is 1. The third kappa shape index (κ3) is 9.36. The zero-order valence-electron chi connectivity index (χ0n) is 14.8. The Morgan fingerprint density at radius 2 is 1.26 bits per heavy atom. The summed E-state index contributed by atoms with van der Waals surface area (Å²) in [6.07, 6.45) is 1.98. The molecule has 0 amide bonds. The van der Waals surface area contributed by atoms with E-state index in [1.54, 1.807) is 0 Å². The molecule has 0 aromatic rings. The maximum atomic E-state index is 11.5. The standard InChI is InChI=1S/C16H22N2O8.ClH/c19-13(23-7-3-17-5-9-25-15(21)11-17)1-2-14(20)24-8-4-18-6-10-26-16(22)12-18;/h1-2H,3-12H2;1H/b2-1+;. The van der Waals surface area contributed by atoms with Gasteiger partial charge in [0.15, 0.2) is 0 Å². The minimum absolute atomic E-state index is 0. The smallest absolute Gasteiger partial charge is 0.331 e. The van der Waals surface area contributed by atoms with E-state index in [0.29, 0.717) is 39.4 Å². The highest BCUT2D eigenvalue weighted by atomic mass is 35.5. The first-order chi connectivity index (χ1) is 12.5. The number of rotatable bonds is 8. The molecule has 0 saturated carbocycles. The SMILES string of the molecule is Cl.O=C(/C=C/C(=O)OCCN1CCOC(=O)C1)OCCN1CCOC(=O)C1. The molecule has 27 heavy (non-hydrogen) atoms. The number of morpholine rings is 2. The molecule has 0 radical (unpaired) electrons. The van der Waals surface area contributed by atoms with Crippen LogP contribution in [0, 0.1) is 0 Å². The van der Waals surface area contributed by atoms with Crippen LogP contribution in [-0.2, 0) is 38.1 Å². The Bertz CT molecular complexity index is 521. The van der Waals surface area contributed by atoms with E-state index in [4.69, 9.17) is 18.9 Å². The van der Waals surface area contributed by atoms with E-state index in [2.05, 4.69) is 0 Å². The van der Waals surface area contributed by atoms with Crippen LogP contribution in [-0.4, -0.2) is 99.4 Å². The number of cyclic esters (lactones) is 2. The van der Waals surface area contributed by atoms with Gasteiger partial charge in [0.1, 0.15) is 26.4 Å². The lowest BCUT2D eigenvalue weighted by molar-refractivity contribution is -0.152. The number of hydrogen-bond donors (Lipinski definition) is 0. The van der Waals surface area contributed by atoms with E-state index < -0.39 is 11.9 Å². The van der Waals surface area contributed by atoms with Crippen LogP contribution < -0.4 is 0 Å². The molecule has 2 heterocycles. The van der Waals surface area contributed by atoms with Crippen molar-refractivity contribution in [3.8, 4) is 0 Å². The van der Waals surface area contributed by atoms with E-state index in [0.717, 1.165) is 12.2 Å². The van der Waals surface area contributed by atoms with E-state index in [1.165, 1.54) is 0 Å². The van der Waals surface area contributed by atoms with Gasteiger partial charge in [0, 0.05) is 38.3 Å². The van der Waals surface area contributed by atoms with Gasteiger partial charge in [0.2, 0.25) is 0 Å². The number of hydrogen-bond acceptors (Lipinski definition) is 10. The van der Waals surface area contributed by atoms with Gasteiger partial charge in [-0.05, 0) is 0 Å². The Morgan fingerprint density at radius 3 is 1.63 bits per heavy atom. The lowest BCUT2D eigenvalue weighted by atomic mass is 10.4. The third-order valence-electron chi connectivity index (χ3n) is 3.71. The normalized spacial score (nSPS) is 18.4. The van der Waals surface area contributed by atoms with E-state index >= 15 is 0 Å². The van der Waals surface area contributed by atoms with Crippen molar-refractivity contribution in [2.24, 2.45) is 0 Å². The fourth-order valence-corrected chi connectivity index (χ4v) is 2.36. The molecule has 0 spiro atoms. The first-order valence-corrected chi connectivity index (χ1v) is 8.30. The second-order valence-corrected chi connectivity index (χ2v) is 5.66. The van der Waals surface area contributed by atoms with Gasteiger partial charge in [-0.2, -0.15) is 0 Å². The average Bonchev–Trinajstić information content (AvgIpc) is 2.60. The molecule has 0 N–H and O–H groups in total. The molecule has 2 aliphatic heterocycles. The molecule has 10 nitrogen and oxygen atoms in total. The van der Waals surface area contributed by atoms with E-state index in [9.17, 15) is 19.2 Å². The number of carbonyl (C=O) groups excluding carboxylic acids is 4. The molecule has 0 unspecified atom stereocenters. The van der Waals surface area contributed by atoms with Crippen molar-refractivity contribution in [1.29, 1.82) is 0 Å². The van der Waals surface area contributed by atoms with Gasteiger partial charge in [-0.3, -0.25) is 19.4 Å². The summed E-state index contributed by atoms with van der Waals surface area (Å²) in [7, 11) is 0. The topological polar surface area (TPSA) is 112 Å². The molecule has 152 valence electrons. The van der Waals surface area contributed by atoms with Crippen molar-refractivity contribution in [3.05, 3.63) is 12.2 Å². The van der Waals surface area contributed by atoms with E-state index in [1.807, 2.05) is 9.80 Å². The van der Waals surface area contributed by atoms with Crippen LogP contribution in [0.15, 0.2) is 12.2 Å². The average molecular weight is 407 g/mol. The summed E-state index contributed by atoms with van der Waals surface area (Å²) < 4.78 is 19.5. The Labute approximate surface area is 162 Å². The second-order valence-electron chi connectivity index (χ2n) is 5.66. The summed E-state index contributed by atoms with van der Waals surface area (Å²) in [5.74, 6) is -1.93. The van der Waals surface area contributed by atoms with Crippen LogP contribution in [0.1, 0.15) is 0 Å². The van der Waals surface area contributed by atoms with Crippen molar-refractivity contribution in [1.82, 2.24) is 9.80 Å². The predicted octanol–water partition coefficient (Wildman–Crippen LogP) is -1.23. The van der Waals surface area contributed by atoms with Crippen molar-refractivity contribution in [2.45, 2.75) is 0 Å². The fraction of sp³-hybridized carbons (Fsp3) is 0.625. The summed E-state index contributed by atoms with van der Waals surface area (Å²) in [4.78, 5) is 48.9. The fourth-order valence-electron chi connectivity index (χ4n) is 2.36. The van der Waals surface area contributed by atoms with Crippen LogP contribution in [0.25, 0.3) is 0 Å². The van der Waals surface area contributed by atoms with Gasteiger partial charge in [-0.25, -0.2) is 9.59 Å². The number of carbonyl (C=O) groups is 4. The largest absolute Gasteiger partial charge is 0.463 e. The first kappa shape index (κ1) is 22.9. The Hall–Kier alpha value is -2.17. The number of nitrogens with zero attached hydrogens (tertiary/aromatic N) is 2. The van der Waals surface area contributed by atoms with Crippen molar-refractivity contribution < 1.29 is 38.1 Å². The van der Waals surface area contributed by atoms with Gasteiger partial charge < -0.3 is 18.9 Å². The molecule has 0 aromatic carbocycles. The van der Waals surface area contributed by atoms with E-state index in [-0.39, 0.29) is 50.6 Å². The maximum Gasteiger partial charge on any atom is 0.331 e. The molecular formula is C16H23ClN2O8. The molecule has 2 fully saturated rings. The molecule has 2 saturated heterocycles. The monoisotopic (exact) mass is 406 g/mol. The van der Waals surface area contributed by atoms with Gasteiger partial charge in [-0.1, -0.05) is 0 Å². The van der Waals surface area contributed by atoms with Crippen LogP contribution in [0.3, 0.4) is 0 Å². The molecule has 0 bridgehead atoms. The molecule has 11 heteroatoms. The number of ether oxygens (including phenoxy) is 4. The minimum Gasteiger partial charge on any atom is -0.463 e. The maximum absolute atomic E-state index is 11.5. The third-order valence-corrected chi connectivity index (χ3v) is 3.71. The van der Waals surface area contributed by atoms with Crippen molar-refractivity contribution in [2.75, 3.05) is 65.7 Å². The zero-order chi connectivity index (χ0) is 18.8. The molecular weight excluding hydrogens is 384 g/mol. The molecule has 0 aromatic heterocycles. The lowest BCUT2D eigenvalue weighted by Gasteiger charge is -2.25. The highest BCUT2D eigenvalue weighted by molar-refractivity contribution is 5.91. The summed E-state index contributed by atoms with van der Waals surface area (Å²) in [5, 5.41) is 0. The number of esters is 4. The minimum atomic E-state index is -0.666. The van der Waals surface area contributed by atoms with Crippen LogP contribution in [0.2, 0.25) is 0 Å². The predicted molar refractivity (Wildman–Crippen MR) is 93.1 cm³/mol. The highest BCUT2D eigenvalue weighted by Gasteiger charge is 2.18. The van der Waals surface area contributed by atoms with Crippen LogP contribution in [0.4, 0.5) is 0 Å². The summed E-state index contributed by atoms with van der Waals surface area (Å²) in [6, 6.07) is 0. The highest BCUT2D eigenvalue weighted by Crippen LogP contribution is 1.99. The quantitative estimate of drug-likeness (QED) is 0.276. The molecule has 2 rings (SSSR count). The molecule has 0 atom stereocenters. The van der Waals surface area contributed by atoms with Gasteiger partial charge in [-0.15, -0.1) is 12.4 Å². The lowest BCUT2D eigenvalue weighted by Crippen LogP contribution is -2.41. The summed E-state index contributed by atoms with van der Waals surface area (Å²) in [6.45, 7) is 3.25. The van der Waals surface area contributed by atoms with Crippen LogP contribution in [0.5, 0.6) is 0 Å². The van der Waals surface area contributed by atoms with Gasteiger partial charge in [0.25, 0.3) is 0 Å². The first-order valence-electron chi connectivity index (χ1n) is 8.30. The van der Waals surface area contributed by atoms with Crippen molar-refractivity contribution >= 4 is 36.3 Å². The summed E-state index contributed by atoms with van der Waals surface area (Å²) in [5.41, 5.74) is 0. The zero-order valence-corrected chi connectivity index (χ0v) is 15.6. The summed E-state index contributed by atoms with van der Waals surface area (Å²) >= 11 is 0. The van der Waals surface area contributed by atoms with Crippen LogP contribution >= 0.6 is 12.4 Å². The molecule has 2 aliphatic rings. The Kier molecular flexibility index (Phi) is 10.4. The van der Waals surface area contributed by atoms with Gasteiger partial charge in [0.05, 0.1) is 13.1 Å². The Balaban J connectivity index is 0.00000364. The van der Waals surface area contributed by atoms with Crippen molar-refractivity contribution in [3.63, 3.8) is 0 Å².